The van der Waals surface area contributed by atoms with Crippen molar-refractivity contribution in [2.75, 3.05) is 13.2 Å². The summed E-state index contributed by atoms with van der Waals surface area (Å²) in [4.78, 5) is 19.4. The maximum atomic E-state index is 15.1. The number of esters is 2. The number of halogens is 15. The molecule has 0 atom stereocenters. The van der Waals surface area contributed by atoms with Gasteiger partial charge in [0.15, 0.2) is 13.2 Å². The Morgan fingerprint density at radius 1 is 0.433 bits per heavy atom. The van der Waals surface area contributed by atoms with Gasteiger partial charge in [-0.25, -0.2) is 13.2 Å². The molecule has 0 saturated heterocycles. The predicted molar refractivity (Wildman–Crippen MR) is 204 cm³/mol. The number of ether oxygens (including phenoxy) is 4. The molecular weight excluding hydrogens is 986 g/mol. The highest BCUT2D eigenvalue weighted by atomic mass is 32.3. The zero-order chi connectivity index (χ0) is 51.1. The second-order valence-electron chi connectivity index (χ2n) is 15.7. The molecule has 0 saturated carbocycles. The summed E-state index contributed by atoms with van der Waals surface area (Å²) in [5, 5.41) is 0. The molecule has 0 N–H and O–H groups in total. The fraction of sp³-hybridized carbons (Fsp3) is 0.366. The minimum atomic E-state index is -7.73. The van der Waals surface area contributed by atoms with Gasteiger partial charge in [0, 0.05) is 9.79 Å². The average molecular weight is 1020 g/mol. The van der Waals surface area contributed by atoms with Crippen LogP contribution < -0.4 is 9.47 Å². The summed E-state index contributed by atoms with van der Waals surface area (Å²) >= 11 is 0. The lowest BCUT2D eigenvalue weighted by molar-refractivity contribution is -0.191. The molecule has 4 rings (SSSR count). The summed E-state index contributed by atoms with van der Waals surface area (Å²) in [6.45, 7) is 6.07. The fourth-order valence-corrected chi connectivity index (χ4v) is 12.1. The van der Waals surface area contributed by atoms with Crippen molar-refractivity contribution in [3.05, 3.63) is 107 Å². The highest BCUT2D eigenvalue weighted by Crippen LogP contribution is 2.75. The Labute approximate surface area is 372 Å². The Hall–Kier alpha value is -5.37. The third-order valence-electron chi connectivity index (χ3n) is 8.22. The lowest BCUT2D eigenvalue weighted by Gasteiger charge is -2.41. The average Bonchev–Trinajstić information content (AvgIpc) is 3.15. The van der Waals surface area contributed by atoms with Crippen molar-refractivity contribution >= 4 is 32.4 Å². The Morgan fingerprint density at radius 3 is 1.01 bits per heavy atom. The van der Waals surface area contributed by atoms with Crippen molar-refractivity contribution in [3.63, 3.8) is 0 Å². The first-order chi connectivity index (χ1) is 30.2. The zero-order valence-corrected chi connectivity index (χ0v) is 36.7. The standard InChI is InChI=1S/C41H35F15O9S2/c1-35(2,3)63-26(57)20-61-24-18-13-19-25(62-21-27(58)64-36(4,5)6)33(24)66(22-14-9-7-10-15-22,23-16-11-8-12-17-23)65-67(59,60)34-31(40(51,52)53)29(38(45,46)47)28(37(42,43)44)30(39(48,49)50)32(34)41(54,55)56/h7-19H,20-21H2,1-6H3. The van der Waals surface area contributed by atoms with Crippen molar-refractivity contribution in [1.29, 1.82) is 0 Å². The molecule has 4 aromatic rings. The molecule has 9 nitrogen and oxygen atoms in total. The summed E-state index contributed by atoms with van der Waals surface area (Å²) < 4.78 is 279. The Kier molecular flexibility index (Phi) is 15.1. The minimum absolute atomic E-state index is 0.693. The van der Waals surface area contributed by atoms with Crippen LogP contribution in [0.5, 0.6) is 11.5 Å². The van der Waals surface area contributed by atoms with E-state index in [1.807, 2.05) is 0 Å². The molecular formula is C41H35F15O9S2. The highest BCUT2D eigenvalue weighted by molar-refractivity contribution is 8.33. The molecule has 0 spiro atoms. The van der Waals surface area contributed by atoms with E-state index in [2.05, 4.69) is 0 Å². The van der Waals surface area contributed by atoms with Gasteiger partial charge in [-0.2, -0.15) is 74.3 Å². The van der Waals surface area contributed by atoms with Crippen molar-refractivity contribution < 1.29 is 106 Å². The highest BCUT2D eigenvalue weighted by Gasteiger charge is 2.63. The topological polar surface area (TPSA) is 114 Å². The molecule has 0 heterocycles. The van der Waals surface area contributed by atoms with E-state index in [4.69, 9.17) is 22.6 Å². The number of hydrogen-bond donors (Lipinski definition) is 0. The number of benzene rings is 4. The second kappa shape index (κ2) is 18.6. The lowest BCUT2D eigenvalue weighted by Crippen LogP contribution is -2.34. The molecule has 0 fully saturated rings. The van der Waals surface area contributed by atoms with Crippen molar-refractivity contribution in [1.82, 2.24) is 0 Å². The second-order valence-corrected chi connectivity index (χ2v) is 20.1. The summed E-state index contributed by atoms with van der Waals surface area (Å²) in [6, 6.07) is 12.8. The van der Waals surface area contributed by atoms with Crippen LogP contribution in [0.2, 0.25) is 0 Å². The van der Waals surface area contributed by atoms with E-state index >= 15 is 26.3 Å². The summed E-state index contributed by atoms with van der Waals surface area (Å²) in [5.41, 5.74) is -24.8. The number of carbonyl (C=O) groups is 2. The monoisotopic (exact) mass is 1020 g/mol. The van der Waals surface area contributed by atoms with E-state index in [0.29, 0.717) is 0 Å². The molecule has 0 aliphatic rings. The Bertz CT molecular complexity index is 2420. The first kappa shape index (κ1) is 54.2. The lowest BCUT2D eigenvalue weighted by atomic mass is 9.89. The van der Waals surface area contributed by atoms with Crippen LogP contribution in [0.4, 0.5) is 65.9 Å². The van der Waals surface area contributed by atoms with Gasteiger partial charge in [0.1, 0.15) is 32.5 Å². The molecule has 4 aromatic carbocycles. The van der Waals surface area contributed by atoms with Gasteiger partial charge in [0.2, 0.25) is 0 Å². The van der Waals surface area contributed by atoms with Gasteiger partial charge in [0.25, 0.3) is 0 Å². The van der Waals surface area contributed by atoms with E-state index in [0.717, 1.165) is 66.7 Å². The summed E-state index contributed by atoms with van der Waals surface area (Å²) in [5.74, 6) is -4.09. The van der Waals surface area contributed by atoms with Crippen LogP contribution in [-0.4, -0.2) is 44.8 Å². The van der Waals surface area contributed by atoms with Crippen LogP contribution in [-0.2, 0) is 63.7 Å². The van der Waals surface area contributed by atoms with Gasteiger partial charge in [-0.15, -0.1) is 0 Å². The summed E-state index contributed by atoms with van der Waals surface area (Å²) in [7, 11) is -12.8. The number of carbonyl (C=O) groups excluding carboxylic acids is 2. The molecule has 0 aliphatic heterocycles. The number of rotatable bonds is 12. The smallest absolute Gasteiger partial charge is 0.418 e. The zero-order valence-electron chi connectivity index (χ0n) is 35.1. The van der Waals surface area contributed by atoms with Gasteiger partial charge in [-0.1, -0.05) is 42.5 Å². The van der Waals surface area contributed by atoms with Crippen LogP contribution in [0.3, 0.4) is 0 Å². The molecule has 26 heteroatoms. The molecule has 0 amide bonds. The molecule has 0 radical (unpaired) electrons. The SMILES string of the molecule is CC(C)(C)OC(=O)COc1cccc(OCC(=O)OC(C)(C)C)c1S(OS(=O)(=O)c1c(C(F)(F)F)c(C(F)(F)F)c(C(F)(F)F)c(C(F)(F)F)c1C(F)(F)F)(c1ccccc1)c1ccccc1. The van der Waals surface area contributed by atoms with Gasteiger partial charge in [-0.3, -0.25) is 0 Å². The number of alkyl halides is 15. The molecule has 0 aromatic heterocycles. The molecule has 0 bridgehead atoms. The maximum Gasteiger partial charge on any atom is 0.418 e. The van der Waals surface area contributed by atoms with Crippen molar-refractivity contribution in [3.8, 4) is 11.5 Å². The Balaban J connectivity index is 2.39. The fourth-order valence-electron chi connectivity index (χ4n) is 6.27. The van der Waals surface area contributed by atoms with Crippen LogP contribution in [0.15, 0.2) is 98.4 Å². The van der Waals surface area contributed by atoms with Crippen LogP contribution in [0, 0.1) is 0 Å². The first-order valence-corrected chi connectivity index (χ1v) is 21.5. The van der Waals surface area contributed by atoms with Crippen molar-refractivity contribution in [2.24, 2.45) is 0 Å². The summed E-state index contributed by atoms with van der Waals surface area (Å²) in [6.07, 6.45) is -36.6. The van der Waals surface area contributed by atoms with Gasteiger partial charge >= 0.3 is 52.9 Å². The molecule has 0 unspecified atom stereocenters. The van der Waals surface area contributed by atoms with Gasteiger partial charge in [0.05, 0.1) is 27.8 Å². The molecule has 67 heavy (non-hydrogen) atoms. The third kappa shape index (κ3) is 12.6. The third-order valence-corrected chi connectivity index (χ3v) is 13.5. The van der Waals surface area contributed by atoms with E-state index < -0.39 is 147 Å². The molecule has 0 aliphatic carbocycles. The van der Waals surface area contributed by atoms with Gasteiger partial charge < -0.3 is 18.9 Å². The van der Waals surface area contributed by atoms with Gasteiger partial charge in [-0.05, 0) is 88.2 Å². The minimum Gasteiger partial charge on any atom is -0.481 e. The van der Waals surface area contributed by atoms with Crippen LogP contribution in [0.25, 0.3) is 0 Å². The predicted octanol–water partition coefficient (Wildman–Crippen LogP) is 12.8. The maximum absolute atomic E-state index is 15.1. The van der Waals surface area contributed by atoms with Crippen LogP contribution >= 0.6 is 10.3 Å². The first-order valence-electron chi connectivity index (χ1n) is 18.6. The van der Waals surface area contributed by atoms with E-state index in [1.54, 1.807) is 0 Å². The largest absolute Gasteiger partial charge is 0.481 e. The van der Waals surface area contributed by atoms with Crippen molar-refractivity contribution in [2.45, 2.75) is 103 Å². The van der Waals surface area contributed by atoms with Crippen LogP contribution in [0.1, 0.15) is 69.4 Å². The quantitative estimate of drug-likeness (QED) is 0.101. The normalized spacial score (nSPS) is 13.8. The van der Waals surface area contributed by atoms with E-state index in [9.17, 15) is 57.5 Å². The Morgan fingerprint density at radius 2 is 0.731 bits per heavy atom. The number of hydrogen-bond acceptors (Lipinski definition) is 9. The van der Waals surface area contributed by atoms with E-state index in [1.165, 1.54) is 53.7 Å². The van der Waals surface area contributed by atoms with E-state index in [-0.39, 0.29) is 0 Å². The molecule has 370 valence electrons.